The Morgan fingerprint density at radius 3 is 2.60 bits per heavy atom. The van der Waals surface area contributed by atoms with Crippen LogP contribution in [0, 0.1) is 5.92 Å². The Morgan fingerprint density at radius 2 is 2.10 bits per heavy atom. The van der Waals surface area contributed by atoms with E-state index in [0.29, 0.717) is 12.0 Å². The molecule has 0 amide bonds. The van der Waals surface area contributed by atoms with E-state index in [1.54, 1.807) is 7.11 Å². The molecule has 0 saturated heterocycles. The first-order valence-electron chi connectivity index (χ1n) is 7.47. The zero-order valence-electron chi connectivity index (χ0n) is 13.4. The minimum Gasteiger partial charge on any atom is -0.384 e. The van der Waals surface area contributed by atoms with Gasteiger partial charge in [-0.05, 0) is 32.7 Å². The molecule has 0 aliphatic heterocycles. The average Bonchev–Trinajstić information content (AvgIpc) is 2.74. The number of ether oxygens (including phenoxy) is 1. The lowest BCUT2D eigenvalue weighted by Gasteiger charge is -2.20. The summed E-state index contributed by atoms with van der Waals surface area (Å²) in [6.45, 7) is 8.06. The molecule has 1 aromatic heterocycles. The normalized spacial score (nSPS) is 14.5. The number of halogens is 1. The lowest BCUT2D eigenvalue weighted by Crippen LogP contribution is -2.31. The van der Waals surface area contributed by atoms with E-state index in [9.17, 15) is 0 Å². The topological polar surface area (TPSA) is 39.1 Å². The number of aromatic nitrogens is 2. The minimum atomic E-state index is 0.393. The average molecular weight is 302 g/mol. The molecule has 0 aliphatic carbocycles. The highest BCUT2D eigenvalue weighted by atomic mass is 35.5. The Labute approximate surface area is 127 Å². The van der Waals surface area contributed by atoms with Gasteiger partial charge in [0.25, 0.3) is 0 Å². The standard InChI is InChI=1S/C15H28ClN3O/c1-6-13-15(16)14(19(7-2)18-13)9-12(17-4)8-11(3)10-20-5/h11-12,17H,6-10H2,1-5H3. The fraction of sp³-hybridized carbons (Fsp3) is 0.800. The molecule has 1 N–H and O–H groups in total. The van der Waals surface area contributed by atoms with Crippen LogP contribution in [0.1, 0.15) is 38.6 Å². The van der Waals surface area contributed by atoms with Crippen molar-refractivity contribution >= 4 is 11.6 Å². The third-order valence-electron chi connectivity index (χ3n) is 3.68. The Bertz CT molecular complexity index is 406. The lowest BCUT2D eigenvalue weighted by molar-refractivity contribution is 0.149. The maximum atomic E-state index is 6.47. The molecule has 0 radical (unpaired) electrons. The van der Waals surface area contributed by atoms with Gasteiger partial charge in [0.1, 0.15) is 0 Å². The zero-order valence-corrected chi connectivity index (χ0v) is 14.1. The minimum absolute atomic E-state index is 0.393. The van der Waals surface area contributed by atoms with Crippen molar-refractivity contribution in [2.45, 2.75) is 52.6 Å². The zero-order chi connectivity index (χ0) is 15.1. The second-order valence-electron chi connectivity index (χ2n) is 5.36. The molecule has 5 heteroatoms. The quantitative estimate of drug-likeness (QED) is 0.762. The van der Waals surface area contributed by atoms with E-state index in [4.69, 9.17) is 16.3 Å². The molecule has 0 bridgehead atoms. The molecule has 4 nitrogen and oxygen atoms in total. The summed E-state index contributed by atoms with van der Waals surface area (Å²) in [7, 11) is 3.76. The number of rotatable bonds is 9. The van der Waals surface area contributed by atoms with Gasteiger partial charge < -0.3 is 10.1 Å². The number of nitrogens with zero attached hydrogens (tertiary/aromatic N) is 2. The number of methoxy groups -OCH3 is 1. The summed E-state index contributed by atoms with van der Waals surface area (Å²) in [6, 6.07) is 0.393. The summed E-state index contributed by atoms with van der Waals surface area (Å²) in [5.41, 5.74) is 2.15. The van der Waals surface area contributed by atoms with Gasteiger partial charge in [0, 0.05) is 32.7 Å². The Hall–Kier alpha value is -0.580. The fourth-order valence-electron chi connectivity index (χ4n) is 2.59. The van der Waals surface area contributed by atoms with Gasteiger partial charge in [-0.2, -0.15) is 5.10 Å². The first kappa shape index (κ1) is 17.5. The molecule has 1 aromatic rings. The van der Waals surface area contributed by atoms with E-state index in [0.717, 1.165) is 48.8 Å². The number of aryl methyl sites for hydroxylation is 2. The van der Waals surface area contributed by atoms with Gasteiger partial charge in [0.2, 0.25) is 0 Å². The molecule has 1 heterocycles. The monoisotopic (exact) mass is 301 g/mol. The summed E-state index contributed by atoms with van der Waals surface area (Å²) in [6.07, 6.45) is 2.85. The van der Waals surface area contributed by atoms with Gasteiger partial charge in [0.05, 0.1) is 16.4 Å². The largest absolute Gasteiger partial charge is 0.384 e. The van der Waals surface area contributed by atoms with Crippen LogP contribution in [0.3, 0.4) is 0 Å². The molecular weight excluding hydrogens is 274 g/mol. The summed E-state index contributed by atoms with van der Waals surface area (Å²) in [5, 5.41) is 8.81. The van der Waals surface area contributed by atoms with Crippen LogP contribution in [-0.4, -0.2) is 36.6 Å². The van der Waals surface area contributed by atoms with E-state index in [-0.39, 0.29) is 0 Å². The SMILES string of the molecule is CCc1nn(CC)c(CC(CC(C)COC)NC)c1Cl. The van der Waals surface area contributed by atoms with Gasteiger partial charge >= 0.3 is 0 Å². The van der Waals surface area contributed by atoms with Crippen molar-refractivity contribution in [3.63, 3.8) is 0 Å². The van der Waals surface area contributed by atoms with Gasteiger partial charge in [0.15, 0.2) is 0 Å². The van der Waals surface area contributed by atoms with Crippen molar-refractivity contribution in [3.05, 3.63) is 16.4 Å². The van der Waals surface area contributed by atoms with Crippen LogP contribution in [0.15, 0.2) is 0 Å². The predicted molar refractivity (Wildman–Crippen MR) is 84.5 cm³/mol. The molecule has 0 saturated carbocycles. The first-order chi connectivity index (χ1) is 9.57. The van der Waals surface area contributed by atoms with E-state index >= 15 is 0 Å². The highest BCUT2D eigenvalue weighted by Gasteiger charge is 2.19. The van der Waals surface area contributed by atoms with E-state index < -0.39 is 0 Å². The second kappa shape index (κ2) is 8.65. The molecule has 2 unspecified atom stereocenters. The van der Waals surface area contributed by atoms with Crippen molar-refractivity contribution in [2.24, 2.45) is 5.92 Å². The van der Waals surface area contributed by atoms with Crippen molar-refractivity contribution in [1.29, 1.82) is 0 Å². The summed E-state index contributed by atoms with van der Waals surface area (Å²) in [4.78, 5) is 0. The Morgan fingerprint density at radius 1 is 1.40 bits per heavy atom. The Balaban J connectivity index is 2.81. The fourth-order valence-corrected chi connectivity index (χ4v) is 2.93. The molecule has 1 rings (SSSR count). The maximum absolute atomic E-state index is 6.47. The highest BCUT2D eigenvalue weighted by molar-refractivity contribution is 6.31. The van der Waals surface area contributed by atoms with E-state index in [1.165, 1.54) is 0 Å². The molecule has 20 heavy (non-hydrogen) atoms. The van der Waals surface area contributed by atoms with Crippen molar-refractivity contribution in [3.8, 4) is 0 Å². The third-order valence-corrected chi connectivity index (χ3v) is 4.12. The van der Waals surface area contributed by atoms with Gasteiger partial charge in [-0.3, -0.25) is 4.68 Å². The van der Waals surface area contributed by atoms with Gasteiger partial charge in [-0.25, -0.2) is 0 Å². The lowest BCUT2D eigenvalue weighted by atomic mass is 9.98. The number of nitrogens with one attached hydrogen (secondary N) is 1. The van der Waals surface area contributed by atoms with Crippen LogP contribution in [0.5, 0.6) is 0 Å². The first-order valence-corrected chi connectivity index (χ1v) is 7.85. The smallest absolute Gasteiger partial charge is 0.0850 e. The number of hydrogen-bond donors (Lipinski definition) is 1. The van der Waals surface area contributed by atoms with Crippen LogP contribution in [0.4, 0.5) is 0 Å². The molecule has 0 fully saturated rings. The van der Waals surface area contributed by atoms with Crippen LogP contribution in [0.2, 0.25) is 5.02 Å². The van der Waals surface area contributed by atoms with E-state index in [2.05, 4.69) is 31.2 Å². The van der Waals surface area contributed by atoms with Crippen molar-refractivity contribution < 1.29 is 4.74 Å². The van der Waals surface area contributed by atoms with Crippen molar-refractivity contribution in [1.82, 2.24) is 15.1 Å². The van der Waals surface area contributed by atoms with Crippen molar-refractivity contribution in [2.75, 3.05) is 20.8 Å². The molecule has 2 atom stereocenters. The molecule has 116 valence electrons. The molecule has 0 spiro atoms. The van der Waals surface area contributed by atoms with Gasteiger partial charge in [-0.1, -0.05) is 25.4 Å². The second-order valence-corrected chi connectivity index (χ2v) is 5.74. The van der Waals surface area contributed by atoms with Crippen LogP contribution in [0.25, 0.3) is 0 Å². The molecule has 0 aliphatic rings. The summed E-state index contributed by atoms with van der Waals surface area (Å²) < 4.78 is 7.25. The Kier molecular flexibility index (Phi) is 7.56. The molecule has 0 aromatic carbocycles. The van der Waals surface area contributed by atoms with Crippen LogP contribution >= 0.6 is 11.6 Å². The number of hydrogen-bond acceptors (Lipinski definition) is 3. The summed E-state index contributed by atoms with van der Waals surface area (Å²) in [5.74, 6) is 0.528. The molecular formula is C15H28ClN3O. The van der Waals surface area contributed by atoms with Crippen LogP contribution in [-0.2, 0) is 24.1 Å². The van der Waals surface area contributed by atoms with Gasteiger partial charge in [-0.15, -0.1) is 0 Å². The summed E-state index contributed by atoms with van der Waals surface area (Å²) >= 11 is 6.47. The van der Waals surface area contributed by atoms with E-state index in [1.807, 2.05) is 11.7 Å². The van der Waals surface area contributed by atoms with Crippen LogP contribution < -0.4 is 5.32 Å². The third kappa shape index (κ3) is 4.47. The highest BCUT2D eigenvalue weighted by Crippen LogP contribution is 2.24. The maximum Gasteiger partial charge on any atom is 0.0850 e. The number of likely N-dealkylation sites (N-methyl/N-ethyl adjacent to an activating group) is 1. The predicted octanol–water partition coefficient (Wildman–Crippen LogP) is 2.92.